The van der Waals surface area contributed by atoms with Crippen molar-refractivity contribution in [2.45, 2.75) is 79.7 Å². The van der Waals surface area contributed by atoms with Gasteiger partial charge in [-0.1, -0.05) is 19.0 Å². The zero-order valence-electron chi connectivity index (χ0n) is 18.0. The first-order valence-corrected chi connectivity index (χ1v) is 9.34. The predicted molar refractivity (Wildman–Crippen MR) is 108 cm³/mol. The van der Waals surface area contributed by atoms with Crippen LogP contribution in [0.25, 0.3) is 0 Å². The molecule has 28 heavy (non-hydrogen) atoms. The van der Waals surface area contributed by atoms with Crippen LogP contribution < -0.4 is 16.6 Å². The van der Waals surface area contributed by atoms with Gasteiger partial charge in [0.15, 0.2) is 0 Å². The molecule has 2 N–H and O–H groups in total. The van der Waals surface area contributed by atoms with Crippen LogP contribution >= 0.6 is 0 Å². The number of alkyl carbamates (subject to hydrolysis) is 1. The molecule has 0 aliphatic heterocycles. The molecule has 1 amide bonds. The van der Waals surface area contributed by atoms with Gasteiger partial charge in [-0.2, -0.15) is 0 Å². The van der Waals surface area contributed by atoms with Crippen molar-refractivity contribution < 1.29 is 14.4 Å². The molecule has 1 aromatic heterocycles. The largest absolute Gasteiger partial charge is 0.444 e. The quantitative estimate of drug-likeness (QED) is 0.542. The average molecular weight is 396 g/mol. The van der Waals surface area contributed by atoms with E-state index in [4.69, 9.17) is 9.57 Å². The van der Waals surface area contributed by atoms with E-state index in [1.807, 2.05) is 27.7 Å². The minimum atomic E-state index is -0.649. The molecule has 1 unspecified atom stereocenters. The Morgan fingerprint density at radius 3 is 2.36 bits per heavy atom. The van der Waals surface area contributed by atoms with Gasteiger partial charge < -0.3 is 19.9 Å². The molecule has 0 aromatic carbocycles. The van der Waals surface area contributed by atoms with E-state index >= 15 is 0 Å². The number of rotatable bonds is 7. The molecule has 0 fully saturated rings. The molecule has 9 heteroatoms. The Bertz CT molecular complexity index is 815. The zero-order valence-corrected chi connectivity index (χ0v) is 18.0. The van der Waals surface area contributed by atoms with E-state index in [1.165, 1.54) is 6.20 Å². The van der Waals surface area contributed by atoms with Gasteiger partial charge in [0, 0.05) is 6.20 Å². The molecule has 0 radical (unpaired) electrons. The lowest BCUT2D eigenvalue weighted by Gasteiger charge is -2.26. The highest BCUT2D eigenvalue weighted by Crippen LogP contribution is 2.09. The topological polar surface area (TPSA) is 115 Å². The van der Waals surface area contributed by atoms with Crippen molar-refractivity contribution in [2.24, 2.45) is 11.1 Å². The maximum Gasteiger partial charge on any atom is 0.407 e. The molecular formula is C19H32N4O5. The molecule has 1 heterocycles. The number of amides is 1. The number of hydrogen-bond acceptors (Lipinski definition) is 6. The molecule has 1 atom stereocenters. The summed E-state index contributed by atoms with van der Waals surface area (Å²) in [6, 6.07) is -0.479. The van der Waals surface area contributed by atoms with Crippen molar-refractivity contribution >= 4 is 11.8 Å². The minimum Gasteiger partial charge on any atom is -0.444 e. The monoisotopic (exact) mass is 396 g/mol. The molecular weight excluding hydrogens is 364 g/mol. The van der Waals surface area contributed by atoms with Crippen molar-refractivity contribution in [3.05, 3.63) is 32.6 Å². The standard InChI is InChI=1S/C19H32N4O5/c1-11(2)15(21-18(26)27-19(6,7)8)10-23-16(24)14(9-20-17(23)25)13(5)22-28-12(3)4/h9,11-12,15H,10H2,1-8H3,(H,20,25)(H,21,26). The Hall–Kier alpha value is -2.58. The Morgan fingerprint density at radius 2 is 1.86 bits per heavy atom. The van der Waals surface area contributed by atoms with E-state index < -0.39 is 29.0 Å². The van der Waals surface area contributed by atoms with Gasteiger partial charge in [0.2, 0.25) is 0 Å². The van der Waals surface area contributed by atoms with Crippen LogP contribution in [-0.2, 0) is 16.1 Å². The van der Waals surface area contributed by atoms with E-state index in [-0.39, 0.29) is 24.1 Å². The molecule has 9 nitrogen and oxygen atoms in total. The Labute approximate surface area is 165 Å². The fourth-order valence-electron chi connectivity index (χ4n) is 2.25. The third kappa shape index (κ3) is 7.21. The van der Waals surface area contributed by atoms with E-state index in [2.05, 4.69) is 15.5 Å². The summed E-state index contributed by atoms with van der Waals surface area (Å²) in [5.41, 5.74) is -1.15. The SMILES string of the molecule is CC(=NOC(C)C)c1c[nH]c(=O)n(CC(NC(=O)OC(C)(C)C)C(C)C)c1=O. The summed E-state index contributed by atoms with van der Waals surface area (Å²) in [5, 5.41) is 6.66. The lowest BCUT2D eigenvalue weighted by Crippen LogP contribution is -2.48. The summed E-state index contributed by atoms with van der Waals surface area (Å²) in [6.07, 6.45) is 0.577. The van der Waals surface area contributed by atoms with Gasteiger partial charge in [-0.25, -0.2) is 9.59 Å². The van der Waals surface area contributed by atoms with Crippen molar-refractivity contribution in [1.82, 2.24) is 14.9 Å². The maximum absolute atomic E-state index is 12.8. The highest BCUT2D eigenvalue weighted by molar-refractivity contribution is 5.97. The summed E-state index contributed by atoms with van der Waals surface area (Å²) in [6.45, 7) is 14.3. The highest BCUT2D eigenvalue weighted by atomic mass is 16.6. The van der Waals surface area contributed by atoms with Crippen LogP contribution in [0.5, 0.6) is 0 Å². The summed E-state index contributed by atoms with van der Waals surface area (Å²) < 4.78 is 6.32. The van der Waals surface area contributed by atoms with Crippen LogP contribution in [-0.4, -0.2) is 39.1 Å². The van der Waals surface area contributed by atoms with Gasteiger partial charge >= 0.3 is 11.8 Å². The van der Waals surface area contributed by atoms with Crippen molar-refractivity contribution in [3.63, 3.8) is 0 Å². The summed E-state index contributed by atoms with van der Waals surface area (Å²) in [5.74, 6) is -0.0403. The van der Waals surface area contributed by atoms with Crippen LogP contribution in [0.3, 0.4) is 0 Å². The van der Waals surface area contributed by atoms with Crippen LogP contribution in [0.1, 0.15) is 61.0 Å². The number of H-pyrrole nitrogens is 1. The average Bonchev–Trinajstić information content (AvgIpc) is 2.53. The van der Waals surface area contributed by atoms with Gasteiger partial charge in [0.05, 0.1) is 23.9 Å². The van der Waals surface area contributed by atoms with Crippen LogP contribution in [0.2, 0.25) is 0 Å². The number of oxime groups is 1. The highest BCUT2D eigenvalue weighted by Gasteiger charge is 2.23. The summed E-state index contributed by atoms with van der Waals surface area (Å²) in [7, 11) is 0. The number of aromatic amines is 1. The molecule has 0 bridgehead atoms. The van der Waals surface area contributed by atoms with E-state index in [0.717, 1.165) is 4.57 Å². The number of hydrogen-bond donors (Lipinski definition) is 2. The number of ether oxygens (including phenoxy) is 1. The van der Waals surface area contributed by atoms with Crippen LogP contribution in [0.15, 0.2) is 20.9 Å². The molecule has 0 aliphatic rings. The fraction of sp³-hybridized carbons (Fsp3) is 0.684. The normalized spacial score (nSPS) is 13.6. The summed E-state index contributed by atoms with van der Waals surface area (Å²) in [4.78, 5) is 44.9. The Kier molecular flexibility index (Phi) is 8.01. The smallest absolute Gasteiger partial charge is 0.407 e. The van der Waals surface area contributed by atoms with Gasteiger partial charge in [-0.15, -0.1) is 0 Å². The minimum absolute atomic E-state index is 0.00274. The second-order valence-corrected chi connectivity index (χ2v) is 8.25. The van der Waals surface area contributed by atoms with Gasteiger partial charge in [-0.3, -0.25) is 9.36 Å². The van der Waals surface area contributed by atoms with Crippen LogP contribution in [0.4, 0.5) is 4.79 Å². The lowest BCUT2D eigenvalue weighted by atomic mass is 10.0. The van der Waals surface area contributed by atoms with Gasteiger partial charge in [-0.05, 0) is 47.5 Å². The Balaban J connectivity index is 3.15. The predicted octanol–water partition coefficient (Wildman–Crippen LogP) is 2.23. The van der Waals surface area contributed by atoms with E-state index in [0.29, 0.717) is 5.71 Å². The summed E-state index contributed by atoms with van der Waals surface area (Å²) >= 11 is 0. The van der Waals surface area contributed by atoms with Crippen LogP contribution in [0, 0.1) is 5.92 Å². The second-order valence-electron chi connectivity index (χ2n) is 8.25. The molecule has 0 spiro atoms. The lowest BCUT2D eigenvalue weighted by molar-refractivity contribution is 0.0483. The first kappa shape index (κ1) is 23.5. The number of nitrogens with one attached hydrogen (secondary N) is 2. The molecule has 1 aromatic rings. The number of carbonyl (C=O) groups excluding carboxylic acids is 1. The molecule has 1 rings (SSSR count). The van der Waals surface area contributed by atoms with Crippen molar-refractivity contribution in [3.8, 4) is 0 Å². The van der Waals surface area contributed by atoms with Gasteiger partial charge in [0.1, 0.15) is 11.7 Å². The van der Waals surface area contributed by atoms with E-state index in [1.54, 1.807) is 27.7 Å². The second kappa shape index (κ2) is 9.57. The molecule has 158 valence electrons. The van der Waals surface area contributed by atoms with Crippen molar-refractivity contribution in [2.75, 3.05) is 0 Å². The first-order valence-electron chi connectivity index (χ1n) is 9.34. The van der Waals surface area contributed by atoms with Crippen molar-refractivity contribution in [1.29, 1.82) is 0 Å². The fourth-order valence-corrected chi connectivity index (χ4v) is 2.25. The number of aromatic nitrogens is 2. The number of nitrogens with zero attached hydrogens (tertiary/aromatic N) is 2. The maximum atomic E-state index is 12.8. The third-order valence-corrected chi connectivity index (χ3v) is 3.74. The third-order valence-electron chi connectivity index (χ3n) is 3.74. The van der Waals surface area contributed by atoms with E-state index in [9.17, 15) is 14.4 Å². The molecule has 0 saturated heterocycles. The zero-order chi connectivity index (χ0) is 21.6. The number of carbonyl (C=O) groups is 1. The first-order chi connectivity index (χ1) is 12.8. The Morgan fingerprint density at radius 1 is 1.25 bits per heavy atom. The molecule has 0 aliphatic carbocycles. The molecule has 0 saturated carbocycles. The van der Waals surface area contributed by atoms with Gasteiger partial charge in [0.25, 0.3) is 5.56 Å².